The highest BCUT2D eigenvalue weighted by Gasteiger charge is 1.98. The summed E-state index contributed by atoms with van der Waals surface area (Å²) in [4.78, 5) is 0. The van der Waals surface area contributed by atoms with Gasteiger partial charge in [0.05, 0.1) is 12.9 Å². The smallest absolute Gasteiger partial charge is 0.133 e. The standard InChI is InChI=1S/C11H12O2/c1-12-6-4-9-2-3-11-10(8-9)5-7-13-11/h2-3,5,7-8H,4,6H2,1H3. The molecule has 1 aromatic carbocycles. The van der Waals surface area contributed by atoms with Crippen LogP contribution in [0.25, 0.3) is 11.0 Å². The molecule has 0 aliphatic heterocycles. The summed E-state index contributed by atoms with van der Waals surface area (Å²) in [7, 11) is 1.72. The highest BCUT2D eigenvalue weighted by molar-refractivity contribution is 5.77. The highest BCUT2D eigenvalue weighted by atomic mass is 16.5. The van der Waals surface area contributed by atoms with E-state index >= 15 is 0 Å². The van der Waals surface area contributed by atoms with Crippen LogP contribution in [0.4, 0.5) is 0 Å². The molecule has 0 bridgehead atoms. The monoisotopic (exact) mass is 176 g/mol. The molecule has 2 aromatic rings. The Balaban J connectivity index is 2.26. The van der Waals surface area contributed by atoms with Crippen molar-refractivity contribution in [2.75, 3.05) is 13.7 Å². The first-order valence-electron chi connectivity index (χ1n) is 4.35. The average Bonchev–Trinajstić information content (AvgIpc) is 2.61. The van der Waals surface area contributed by atoms with Crippen molar-refractivity contribution in [2.24, 2.45) is 0 Å². The Morgan fingerprint density at radius 3 is 3.08 bits per heavy atom. The normalized spacial score (nSPS) is 10.8. The second-order valence-corrected chi connectivity index (χ2v) is 3.04. The van der Waals surface area contributed by atoms with E-state index in [1.54, 1.807) is 13.4 Å². The summed E-state index contributed by atoms with van der Waals surface area (Å²) in [6, 6.07) is 8.19. The van der Waals surface area contributed by atoms with Gasteiger partial charge in [0.2, 0.25) is 0 Å². The molecule has 0 unspecified atom stereocenters. The van der Waals surface area contributed by atoms with Crippen LogP contribution in [-0.4, -0.2) is 13.7 Å². The van der Waals surface area contributed by atoms with Gasteiger partial charge in [-0.1, -0.05) is 6.07 Å². The summed E-state index contributed by atoms with van der Waals surface area (Å²) in [6.07, 6.45) is 2.67. The van der Waals surface area contributed by atoms with E-state index in [9.17, 15) is 0 Å². The Labute approximate surface area is 77.1 Å². The maximum Gasteiger partial charge on any atom is 0.133 e. The third kappa shape index (κ3) is 1.73. The van der Waals surface area contributed by atoms with E-state index in [1.165, 1.54) is 5.56 Å². The van der Waals surface area contributed by atoms with E-state index in [0.29, 0.717) is 0 Å². The molecule has 0 radical (unpaired) electrons. The Morgan fingerprint density at radius 2 is 2.23 bits per heavy atom. The van der Waals surface area contributed by atoms with Crippen molar-refractivity contribution in [3.8, 4) is 0 Å². The van der Waals surface area contributed by atoms with Crippen LogP contribution in [0.5, 0.6) is 0 Å². The fraction of sp³-hybridized carbons (Fsp3) is 0.273. The van der Waals surface area contributed by atoms with Gasteiger partial charge in [0.25, 0.3) is 0 Å². The molecule has 2 heteroatoms. The van der Waals surface area contributed by atoms with Gasteiger partial charge in [-0.2, -0.15) is 0 Å². The lowest BCUT2D eigenvalue weighted by Crippen LogP contribution is -1.93. The van der Waals surface area contributed by atoms with Crippen molar-refractivity contribution >= 4 is 11.0 Å². The van der Waals surface area contributed by atoms with E-state index < -0.39 is 0 Å². The van der Waals surface area contributed by atoms with Crippen molar-refractivity contribution in [1.82, 2.24) is 0 Å². The number of hydrogen-bond donors (Lipinski definition) is 0. The Hall–Kier alpha value is -1.28. The molecule has 13 heavy (non-hydrogen) atoms. The molecule has 0 N–H and O–H groups in total. The molecule has 1 aromatic heterocycles. The van der Waals surface area contributed by atoms with Crippen LogP contribution in [0.1, 0.15) is 5.56 Å². The maximum atomic E-state index is 5.25. The van der Waals surface area contributed by atoms with Crippen LogP contribution < -0.4 is 0 Å². The number of hydrogen-bond acceptors (Lipinski definition) is 2. The number of ether oxygens (including phenoxy) is 1. The van der Waals surface area contributed by atoms with Gasteiger partial charge in [0.15, 0.2) is 0 Å². The molecule has 0 spiro atoms. The number of benzene rings is 1. The largest absolute Gasteiger partial charge is 0.464 e. The van der Waals surface area contributed by atoms with E-state index in [0.717, 1.165) is 24.0 Å². The minimum Gasteiger partial charge on any atom is -0.464 e. The number of rotatable bonds is 3. The molecule has 0 aliphatic carbocycles. The Kier molecular flexibility index (Phi) is 2.32. The zero-order chi connectivity index (χ0) is 9.10. The van der Waals surface area contributed by atoms with Crippen LogP contribution in [0.3, 0.4) is 0 Å². The van der Waals surface area contributed by atoms with Crippen LogP contribution in [0, 0.1) is 0 Å². The van der Waals surface area contributed by atoms with Crippen LogP contribution >= 0.6 is 0 Å². The molecule has 1 heterocycles. The predicted molar refractivity (Wildman–Crippen MR) is 51.8 cm³/mol. The molecule has 0 aliphatic rings. The first kappa shape index (κ1) is 8.32. The summed E-state index contributed by atoms with van der Waals surface area (Å²) in [5.41, 5.74) is 2.23. The Morgan fingerprint density at radius 1 is 1.31 bits per heavy atom. The third-order valence-electron chi connectivity index (χ3n) is 2.11. The first-order chi connectivity index (χ1) is 6.40. The molecule has 68 valence electrons. The van der Waals surface area contributed by atoms with E-state index in [1.807, 2.05) is 12.1 Å². The highest BCUT2D eigenvalue weighted by Crippen LogP contribution is 2.17. The summed E-state index contributed by atoms with van der Waals surface area (Å²) >= 11 is 0. The Bertz CT molecular complexity index is 390. The summed E-state index contributed by atoms with van der Waals surface area (Å²) in [6.45, 7) is 0.767. The first-order valence-corrected chi connectivity index (χ1v) is 4.35. The van der Waals surface area contributed by atoms with Crippen molar-refractivity contribution in [1.29, 1.82) is 0 Å². The topological polar surface area (TPSA) is 22.4 Å². The molecular formula is C11H12O2. The second kappa shape index (κ2) is 3.62. The molecule has 2 rings (SSSR count). The van der Waals surface area contributed by atoms with Gasteiger partial charge in [0, 0.05) is 12.5 Å². The van der Waals surface area contributed by atoms with E-state index in [4.69, 9.17) is 9.15 Å². The van der Waals surface area contributed by atoms with Gasteiger partial charge in [-0.05, 0) is 30.2 Å². The molecule has 0 fully saturated rings. The zero-order valence-corrected chi connectivity index (χ0v) is 7.62. The number of fused-ring (bicyclic) bond motifs is 1. The molecular weight excluding hydrogens is 164 g/mol. The van der Waals surface area contributed by atoms with Gasteiger partial charge in [0.1, 0.15) is 5.58 Å². The van der Waals surface area contributed by atoms with Gasteiger partial charge in [-0.15, -0.1) is 0 Å². The van der Waals surface area contributed by atoms with Gasteiger partial charge < -0.3 is 9.15 Å². The number of methoxy groups -OCH3 is 1. The van der Waals surface area contributed by atoms with Crippen LogP contribution in [0.15, 0.2) is 34.9 Å². The lowest BCUT2D eigenvalue weighted by atomic mass is 10.1. The molecule has 0 amide bonds. The SMILES string of the molecule is COCCc1ccc2occc2c1. The van der Waals surface area contributed by atoms with Gasteiger partial charge in [-0.3, -0.25) is 0 Å². The van der Waals surface area contributed by atoms with Crippen molar-refractivity contribution in [3.63, 3.8) is 0 Å². The second-order valence-electron chi connectivity index (χ2n) is 3.04. The van der Waals surface area contributed by atoms with Gasteiger partial charge in [-0.25, -0.2) is 0 Å². The van der Waals surface area contributed by atoms with Crippen LogP contribution in [0.2, 0.25) is 0 Å². The molecule has 2 nitrogen and oxygen atoms in total. The summed E-state index contributed by atoms with van der Waals surface area (Å²) in [5, 5.41) is 1.16. The van der Waals surface area contributed by atoms with Crippen molar-refractivity contribution in [2.45, 2.75) is 6.42 Å². The lowest BCUT2D eigenvalue weighted by molar-refractivity contribution is 0.202. The van der Waals surface area contributed by atoms with Crippen molar-refractivity contribution in [3.05, 3.63) is 36.1 Å². The predicted octanol–water partition coefficient (Wildman–Crippen LogP) is 2.62. The van der Waals surface area contributed by atoms with E-state index in [-0.39, 0.29) is 0 Å². The minimum atomic E-state index is 0.767. The average molecular weight is 176 g/mol. The molecule has 0 saturated carbocycles. The van der Waals surface area contributed by atoms with Crippen LogP contribution in [-0.2, 0) is 11.2 Å². The lowest BCUT2D eigenvalue weighted by Gasteiger charge is -1.99. The molecule has 0 saturated heterocycles. The summed E-state index contributed by atoms with van der Waals surface area (Å²) in [5.74, 6) is 0. The number of furan rings is 1. The zero-order valence-electron chi connectivity index (χ0n) is 7.62. The minimum absolute atomic E-state index is 0.767. The maximum absolute atomic E-state index is 5.25. The summed E-state index contributed by atoms with van der Waals surface area (Å²) < 4.78 is 10.3. The van der Waals surface area contributed by atoms with Crippen molar-refractivity contribution < 1.29 is 9.15 Å². The quantitative estimate of drug-likeness (QED) is 0.717. The third-order valence-corrected chi connectivity index (χ3v) is 2.11. The fourth-order valence-electron chi connectivity index (χ4n) is 1.39. The van der Waals surface area contributed by atoms with E-state index in [2.05, 4.69) is 12.1 Å². The fourth-order valence-corrected chi connectivity index (χ4v) is 1.39. The van der Waals surface area contributed by atoms with Gasteiger partial charge >= 0.3 is 0 Å². The molecule has 0 atom stereocenters.